The molecule has 1 fully saturated rings. The summed E-state index contributed by atoms with van der Waals surface area (Å²) < 4.78 is 17.1. The summed E-state index contributed by atoms with van der Waals surface area (Å²) in [5.74, 6) is 1.47. The first-order valence-electron chi connectivity index (χ1n) is 10.5. The van der Waals surface area contributed by atoms with Gasteiger partial charge in [-0.3, -0.25) is 9.69 Å². The van der Waals surface area contributed by atoms with Gasteiger partial charge in [-0.25, -0.2) is 0 Å². The second-order valence-corrected chi connectivity index (χ2v) is 8.05. The third-order valence-electron chi connectivity index (χ3n) is 6.02. The molecule has 0 saturated carbocycles. The van der Waals surface area contributed by atoms with Gasteiger partial charge in [-0.1, -0.05) is 50.2 Å². The average molecular weight is 395 g/mol. The van der Waals surface area contributed by atoms with Gasteiger partial charge in [0.2, 0.25) is 0 Å². The number of esters is 1. The third kappa shape index (κ3) is 4.62. The monoisotopic (exact) mass is 395 g/mol. The van der Waals surface area contributed by atoms with Crippen LogP contribution in [0.2, 0.25) is 0 Å². The molecule has 1 saturated heterocycles. The van der Waals surface area contributed by atoms with E-state index in [-0.39, 0.29) is 23.7 Å². The highest BCUT2D eigenvalue weighted by Gasteiger charge is 2.36. The van der Waals surface area contributed by atoms with E-state index in [1.54, 1.807) is 0 Å². The van der Waals surface area contributed by atoms with Gasteiger partial charge in [-0.2, -0.15) is 0 Å². The topological polar surface area (TPSA) is 48.0 Å². The number of morpholine rings is 1. The molecule has 5 heteroatoms. The van der Waals surface area contributed by atoms with Crippen LogP contribution in [0.15, 0.2) is 48.5 Å². The van der Waals surface area contributed by atoms with Gasteiger partial charge < -0.3 is 14.2 Å². The molecule has 0 aromatic heterocycles. The summed E-state index contributed by atoms with van der Waals surface area (Å²) in [4.78, 5) is 15.0. The van der Waals surface area contributed by atoms with E-state index in [0.29, 0.717) is 12.4 Å². The average Bonchev–Trinajstić information content (AvgIpc) is 2.76. The van der Waals surface area contributed by atoms with E-state index >= 15 is 0 Å². The first-order valence-corrected chi connectivity index (χ1v) is 10.5. The molecule has 2 heterocycles. The Morgan fingerprint density at radius 3 is 2.66 bits per heavy atom. The van der Waals surface area contributed by atoms with Crippen LogP contribution >= 0.6 is 0 Å². The third-order valence-corrected chi connectivity index (χ3v) is 6.02. The lowest BCUT2D eigenvalue weighted by Gasteiger charge is -2.35. The van der Waals surface area contributed by atoms with E-state index in [9.17, 15) is 4.79 Å². The number of ether oxygens (including phenoxy) is 3. The lowest BCUT2D eigenvalue weighted by Crippen LogP contribution is -2.44. The predicted octanol–water partition coefficient (Wildman–Crippen LogP) is 3.84. The number of benzene rings is 2. The summed E-state index contributed by atoms with van der Waals surface area (Å²) in [5.41, 5.74) is 2.32. The lowest BCUT2D eigenvalue weighted by molar-refractivity contribution is -0.142. The Labute approximate surface area is 172 Å². The van der Waals surface area contributed by atoms with E-state index in [4.69, 9.17) is 14.2 Å². The first-order chi connectivity index (χ1) is 14.1. The molecule has 2 aliphatic heterocycles. The summed E-state index contributed by atoms with van der Waals surface area (Å²) in [5, 5.41) is 0. The Balaban J connectivity index is 1.41. The van der Waals surface area contributed by atoms with Crippen LogP contribution in [-0.2, 0) is 9.53 Å². The molecule has 0 bridgehead atoms. The molecule has 154 valence electrons. The molecule has 2 aliphatic rings. The Kier molecular flexibility index (Phi) is 6.16. The quantitative estimate of drug-likeness (QED) is 0.549. The van der Waals surface area contributed by atoms with Gasteiger partial charge in [0.15, 0.2) is 0 Å². The normalized spacial score (nSPS) is 23.2. The lowest BCUT2D eigenvalue weighted by atomic mass is 9.84. The zero-order valence-corrected chi connectivity index (χ0v) is 17.2. The van der Waals surface area contributed by atoms with Gasteiger partial charge in [0.25, 0.3) is 0 Å². The largest absolute Gasteiger partial charge is 0.493 e. The number of carbonyl (C=O) groups is 1. The van der Waals surface area contributed by atoms with Crippen molar-refractivity contribution in [3.05, 3.63) is 59.7 Å². The van der Waals surface area contributed by atoms with E-state index in [1.807, 2.05) is 36.4 Å². The molecule has 2 aromatic carbocycles. The van der Waals surface area contributed by atoms with Gasteiger partial charge in [0.05, 0.1) is 25.7 Å². The molecule has 4 rings (SSSR count). The highest BCUT2D eigenvalue weighted by molar-refractivity contribution is 5.79. The van der Waals surface area contributed by atoms with Crippen molar-refractivity contribution >= 4 is 5.97 Å². The van der Waals surface area contributed by atoms with E-state index < -0.39 is 0 Å². The maximum Gasteiger partial charge on any atom is 0.316 e. The Bertz CT molecular complexity index is 832. The zero-order valence-electron chi connectivity index (χ0n) is 17.2. The Morgan fingerprint density at radius 2 is 1.90 bits per heavy atom. The van der Waals surface area contributed by atoms with Gasteiger partial charge in [0, 0.05) is 31.6 Å². The molecule has 3 atom stereocenters. The van der Waals surface area contributed by atoms with Gasteiger partial charge in [-0.15, -0.1) is 0 Å². The van der Waals surface area contributed by atoms with Crippen molar-refractivity contribution in [3.8, 4) is 11.5 Å². The molecular weight excluding hydrogens is 366 g/mol. The summed E-state index contributed by atoms with van der Waals surface area (Å²) in [6, 6.07) is 16.2. The van der Waals surface area contributed by atoms with Gasteiger partial charge in [0.1, 0.15) is 11.5 Å². The van der Waals surface area contributed by atoms with Gasteiger partial charge >= 0.3 is 5.97 Å². The molecule has 29 heavy (non-hydrogen) atoms. The Hall–Kier alpha value is -2.37. The highest BCUT2D eigenvalue weighted by Crippen LogP contribution is 2.40. The first kappa shape index (κ1) is 19.9. The molecular formula is C24H29NO4. The van der Waals surface area contributed by atoms with Crippen molar-refractivity contribution in [1.82, 2.24) is 4.90 Å². The van der Waals surface area contributed by atoms with Crippen molar-refractivity contribution in [2.75, 3.05) is 39.5 Å². The van der Waals surface area contributed by atoms with Crippen LogP contribution in [0.25, 0.3) is 0 Å². The Morgan fingerprint density at radius 1 is 1.14 bits per heavy atom. The second-order valence-electron chi connectivity index (χ2n) is 8.05. The minimum Gasteiger partial charge on any atom is -0.493 e. The van der Waals surface area contributed by atoms with Crippen molar-refractivity contribution in [1.29, 1.82) is 0 Å². The van der Waals surface area contributed by atoms with Crippen LogP contribution in [0.5, 0.6) is 11.5 Å². The summed E-state index contributed by atoms with van der Waals surface area (Å²) in [6.45, 7) is 8.76. The molecule has 0 radical (unpaired) electrons. The number of nitrogens with zero attached hydrogens (tertiary/aromatic N) is 1. The SMILES string of the molecule is CC(COc1ccc2c(c1)OC(=O)C(CN1CCOCC1)C2C)c1ccccc1. The van der Waals surface area contributed by atoms with Crippen LogP contribution in [0, 0.1) is 5.92 Å². The minimum absolute atomic E-state index is 0.117. The molecule has 0 aliphatic carbocycles. The van der Waals surface area contributed by atoms with E-state index in [2.05, 4.69) is 30.9 Å². The fraction of sp³-hybridized carbons (Fsp3) is 0.458. The van der Waals surface area contributed by atoms with Crippen LogP contribution in [0.3, 0.4) is 0 Å². The molecule has 0 N–H and O–H groups in total. The van der Waals surface area contributed by atoms with Crippen LogP contribution in [0.1, 0.15) is 36.8 Å². The number of hydrogen-bond donors (Lipinski definition) is 0. The van der Waals surface area contributed by atoms with Crippen molar-refractivity contribution in [2.45, 2.75) is 25.7 Å². The maximum absolute atomic E-state index is 12.7. The number of hydrogen-bond acceptors (Lipinski definition) is 5. The number of carbonyl (C=O) groups excluding carboxylic acids is 1. The van der Waals surface area contributed by atoms with Crippen LogP contribution in [0.4, 0.5) is 0 Å². The van der Waals surface area contributed by atoms with Crippen molar-refractivity contribution in [2.24, 2.45) is 5.92 Å². The van der Waals surface area contributed by atoms with Crippen LogP contribution in [-0.4, -0.2) is 50.3 Å². The molecule has 3 unspecified atom stereocenters. The van der Waals surface area contributed by atoms with Crippen LogP contribution < -0.4 is 9.47 Å². The van der Waals surface area contributed by atoms with Crippen molar-refractivity contribution in [3.63, 3.8) is 0 Å². The minimum atomic E-state index is -0.148. The smallest absolute Gasteiger partial charge is 0.316 e. The summed E-state index contributed by atoms with van der Waals surface area (Å²) in [7, 11) is 0. The maximum atomic E-state index is 12.7. The van der Waals surface area contributed by atoms with E-state index in [1.165, 1.54) is 5.56 Å². The predicted molar refractivity (Wildman–Crippen MR) is 112 cm³/mol. The fourth-order valence-electron chi connectivity index (χ4n) is 4.07. The number of fused-ring (bicyclic) bond motifs is 1. The summed E-state index contributed by atoms with van der Waals surface area (Å²) in [6.07, 6.45) is 0. The van der Waals surface area contributed by atoms with Gasteiger partial charge in [-0.05, 0) is 23.1 Å². The fourth-order valence-corrected chi connectivity index (χ4v) is 4.07. The molecule has 2 aromatic rings. The van der Waals surface area contributed by atoms with E-state index in [0.717, 1.165) is 44.2 Å². The molecule has 5 nitrogen and oxygen atoms in total. The molecule has 0 amide bonds. The summed E-state index contributed by atoms with van der Waals surface area (Å²) >= 11 is 0. The van der Waals surface area contributed by atoms with Crippen molar-refractivity contribution < 1.29 is 19.0 Å². The molecule has 0 spiro atoms. The zero-order chi connectivity index (χ0) is 20.2. The highest BCUT2D eigenvalue weighted by atomic mass is 16.5. The number of rotatable bonds is 6. The standard InChI is InChI=1S/C24H29NO4/c1-17(19-6-4-3-5-7-19)16-28-20-8-9-21-18(2)22(24(26)29-23(21)14-20)15-25-10-12-27-13-11-25/h3-9,14,17-18,22H,10-13,15-16H2,1-2H3. The second kappa shape index (κ2) is 8.97.